The molecule has 3 heteroatoms. The fourth-order valence-electron chi connectivity index (χ4n) is 3.10. The number of hydrogen-bond donors (Lipinski definition) is 1. The molecule has 1 fully saturated rings. The Balaban J connectivity index is 2.28. The van der Waals surface area contributed by atoms with Gasteiger partial charge >= 0.3 is 5.97 Å². The van der Waals surface area contributed by atoms with Crippen LogP contribution in [0.1, 0.15) is 59.8 Å². The molecular formula is C16H31NO2. The summed E-state index contributed by atoms with van der Waals surface area (Å²) in [5.74, 6) is 0.757. The van der Waals surface area contributed by atoms with Crippen molar-refractivity contribution < 1.29 is 9.90 Å². The molecule has 0 amide bonds. The summed E-state index contributed by atoms with van der Waals surface area (Å²) in [6.07, 6.45) is 4.90. The van der Waals surface area contributed by atoms with Gasteiger partial charge in [-0.3, -0.25) is 4.79 Å². The molecule has 112 valence electrons. The summed E-state index contributed by atoms with van der Waals surface area (Å²) in [6, 6.07) is 0. The molecule has 0 aromatic rings. The first kappa shape index (κ1) is 16.5. The van der Waals surface area contributed by atoms with Crippen molar-refractivity contribution in [2.75, 3.05) is 19.6 Å². The van der Waals surface area contributed by atoms with Crippen molar-refractivity contribution in [2.45, 2.75) is 59.8 Å². The molecule has 1 unspecified atom stereocenters. The lowest BCUT2D eigenvalue weighted by molar-refractivity contribution is -0.137. The molecule has 0 saturated carbocycles. The van der Waals surface area contributed by atoms with Crippen molar-refractivity contribution in [2.24, 2.45) is 17.3 Å². The Morgan fingerprint density at radius 1 is 1.32 bits per heavy atom. The van der Waals surface area contributed by atoms with Gasteiger partial charge in [-0.2, -0.15) is 0 Å². The number of carbonyl (C=O) groups is 1. The molecule has 0 aromatic heterocycles. The van der Waals surface area contributed by atoms with E-state index in [0.29, 0.717) is 12.3 Å². The monoisotopic (exact) mass is 269 g/mol. The number of carboxylic acid groups (broad SMARTS) is 1. The van der Waals surface area contributed by atoms with Gasteiger partial charge in [-0.25, -0.2) is 0 Å². The molecule has 3 nitrogen and oxygen atoms in total. The van der Waals surface area contributed by atoms with Crippen molar-refractivity contribution in [3.05, 3.63) is 0 Å². The molecule has 19 heavy (non-hydrogen) atoms. The van der Waals surface area contributed by atoms with E-state index >= 15 is 0 Å². The van der Waals surface area contributed by atoms with Gasteiger partial charge in [0.15, 0.2) is 0 Å². The molecule has 0 bridgehead atoms. The van der Waals surface area contributed by atoms with E-state index in [9.17, 15) is 4.79 Å². The number of nitrogens with zero attached hydrogens (tertiary/aromatic N) is 1. The summed E-state index contributed by atoms with van der Waals surface area (Å²) in [5.41, 5.74) is 0.211. The predicted molar refractivity (Wildman–Crippen MR) is 79.3 cm³/mol. The zero-order chi connectivity index (χ0) is 14.5. The Hall–Kier alpha value is -0.570. The largest absolute Gasteiger partial charge is 0.481 e. The van der Waals surface area contributed by atoms with Gasteiger partial charge in [-0.1, -0.05) is 34.1 Å². The van der Waals surface area contributed by atoms with Crippen LogP contribution in [0.3, 0.4) is 0 Å². The van der Waals surface area contributed by atoms with E-state index in [0.717, 1.165) is 25.3 Å². The van der Waals surface area contributed by atoms with Gasteiger partial charge in [0.2, 0.25) is 0 Å². The van der Waals surface area contributed by atoms with Crippen molar-refractivity contribution in [3.8, 4) is 0 Å². The van der Waals surface area contributed by atoms with Crippen molar-refractivity contribution in [1.29, 1.82) is 0 Å². The number of hydrogen-bond acceptors (Lipinski definition) is 2. The maximum atomic E-state index is 10.7. The summed E-state index contributed by atoms with van der Waals surface area (Å²) >= 11 is 0. The maximum absolute atomic E-state index is 10.7. The fourth-order valence-corrected chi connectivity index (χ4v) is 3.10. The van der Waals surface area contributed by atoms with Crippen LogP contribution in [0, 0.1) is 17.3 Å². The van der Waals surface area contributed by atoms with Gasteiger partial charge in [-0.05, 0) is 43.1 Å². The topological polar surface area (TPSA) is 40.5 Å². The second-order valence-electron chi connectivity index (χ2n) is 7.20. The lowest BCUT2D eigenvalue weighted by atomic mass is 9.76. The molecular weight excluding hydrogens is 238 g/mol. The van der Waals surface area contributed by atoms with E-state index in [-0.39, 0.29) is 5.41 Å². The molecule has 1 heterocycles. The molecule has 1 saturated heterocycles. The molecule has 0 aliphatic carbocycles. The number of likely N-dealkylation sites (tertiary alicyclic amines) is 1. The highest BCUT2D eigenvalue weighted by atomic mass is 16.4. The van der Waals surface area contributed by atoms with Gasteiger partial charge in [0.05, 0.1) is 0 Å². The lowest BCUT2D eigenvalue weighted by Gasteiger charge is -2.41. The fraction of sp³-hybridized carbons (Fsp3) is 0.938. The van der Waals surface area contributed by atoms with Crippen LogP contribution in [0.4, 0.5) is 0 Å². The van der Waals surface area contributed by atoms with Gasteiger partial charge in [0.25, 0.3) is 0 Å². The minimum absolute atomic E-state index is 0.211. The molecule has 0 aromatic carbocycles. The molecule has 0 spiro atoms. The molecule has 0 radical (unpaired) electrons. The Kier molecular flexibility index (Phi) is 6.31. The van der Waals surface area contributed by atoms with E-state index in [1.165, 1.54) is 25.9 Å². The van der Waals surface area contributed by atoms with Crippen molar-refractivity contribution in [3.63, 3.8) is 0 Å². The van der Waals surface area contributed by atoms with Gasteiger partial charge in [-0.15, -0.1) is 0 Å². The van der Waals surface area contributed by atoms with Gasteiger partial charge in [0.1, 0.15) is 0 Å². The van der Waals surface area contributed by atoms with E-state index in [1.807, 2.05) is 0 Å². The minimum Gasteiger partial charge on any atom is -0.481 e. The van der Waals surface area contributed by atoms with E-state index in [2.05, 4.69) is 32.6 Å². The quantitative estimate of drug-likeness (QED) is 0.731. The molecule has 1 aliphatic rings. The maximum Gasteiger partial charge on any atom is 0.303 e. The third kappa shape index (κ3) is 5.94. The van der Waals surface area contributed by atoms with Crippen LogP contribution in [0.2, 0.25) is 0 Å². The normalized spacial score (nSPS) is 19.2. The third-order valence-corrected chi connectivity index (χ3v) is 4.45. The SMILES string of the molecule is CCCC1CN(CCC(CCC(=O)O)C(C)(C)C)C1. The van der Waals surface area contributed by atoms with E-state index in [1.54, 1.807) is 0 Å². The molecule has 1 atom stereocenters. The Bertz CT molecular complexity index is 277. The first-order valence-corrected chi connectivity index (χ1v) is 7.77. The van der Waals surface area contributed by atoms with Crippen LogP contribution in [0.25, 0.3) is 0 Å². The summed E-state index contributed by atoms with van der Waals surface area (Å²) in [4.78, 5) is 13.3. The van der Waals surface area contributed by atoms with Crippen LogP contribution in [-0.2, 0) is 4.79 Å². The Labute approximate surface area is 118 Å². The standard InChI is InChI=1S/C16H31NO2/c1-5-6-13-11-17(12-13)10-9-14(16(2,3)4)7-8-15(18)19/h13-14H,5-12H2,1-4H3,(H,18,19). The Morgan fingerprint density at radius 2 is 1.95 bits per heavy atom. The highest BCUT2D eigenvalue weighted by Gasteiger charge is 2.29. The highest BCUT2D eigenvalue weighted by molar-refractivity contribution is 5.66. The number of aliphatic carboxylic acids is 1. The smallest absolute Gasteiger partial charge is 0.303 e. The summed E-state index contributed by atoms with van der Waals surface area (Å²) in [5, 5.41) is 8.85. The number of rotatable bonds is 8. The number of carboxylic acids is 1. The van der Waals surface area contributed by atoms with Crippen molar-refractivity contribution in [1.82, 2.24) is 4.90 Å². The second kappa shape index (κ2) is 7.28. The summed E-state index contributed by atoms with van der Waals surface area (Å²) in [7, 11) is 0. The van der Waals surface area contributed by atoms with Crippen LogP contribution in [0.5, 0.6) is 0 Å². The van der Waals surface area contributed by atoms with Crippen LogP contribution in [0.15, 0.2) is 0 Å². The van der Waals surface area contributed by atoms with Gasteiger partial charge in [0, 0.05) is 19.5 Å². The second-order valence-corrected chi connectivity index (χ2v) is 7.20. The van der Waals surface area contributed by atoms with Crippen LogP contribution < -0.4 is 0 Å². The Morgan fingerprint density at radius 3 is 2.42 bits per heavy atom. The van der Waals surface area contributed by atoms with Crippen LogP contribution in [-0.4, -0.2) is 35.6 Å². The predicted octanol–water partition coefficient (Wildman–Crippen LogP) is 3.64. The minimum atomic E-state index is -0.666. The first-order valence-electron chi connectivity index (χ1n) is 7.77. The molecule has 1 rings (SSSR count). The van der Waals surface area contributed by atoms with Crippen LogP contribution >= 0.6 is 0 Å². The average Bonchev–Trinajstić information content (AvgIpc) is 2.22. The van der Waals surface area contributed by atoms with E-state index < -0.39 is 5.97 Å². The third-order valence-electron chi connectivity index (χ3n) is 4.45. The van der Waals surface area contributed by atoms with Crippen molar-refractivity contribution >= 4 is 5.97 Å². The lowest BCUT2D eigenvalue weighted by Crippen LogP contribution is -2.47. The summed E-state index contributed by atoms with van der Waals surface area (Å²) in [6.45, 7) is 12.6. The average molecular weight is 269 g/mol. The zero-order valence-electron chi connectivity index (χ0n) is 13.1. The zero-order valence-corrected chi connectivity index (χ0v) is 13.1. The highest BCUT2D eigenvalue weighted by Crippen LogP contribution is 2.33. The first-order chi connectivity index (χ1) is 8.82. The molecule has 1 aliphatic heterocycles. The molecule has 1 N–H and O–H groups in total. The summed E-state index contributed by atoms with van der Waals surface area (Å²) < 4.78 is 0. The van der Waals surface area contributed by atoms with Gasteiger partial charge < -0.3 is 10.0 Å². The van der Waals surface area contributed by atoms with E-state index in [4.69, 9.17) is 5.11 Å².